The van der Waals surface area contributed by atoms with Crippen LogP contribution in [0.15, 0.2) is 60.7 Å². The second kappa shape index (κ2) is 7.34. The van der Waals surface area contributed by atoms with Crippen LogP contribution in [0.2, 0.25) is 0 Å². The highest BCUT2D eigenvalue weighted by Gasteiger charge is 2.53. The summed E-state index contributed by atoms with van der Waals surface area (Å²) in [7, 11) is 0. The van der Waals surface area contributed by atoms with Gasteiger partial charge in [-0.1, -0.05) is 32.0 Å². The van der Waals surface area contributed by atoms with Crippen LogP contribution < -0.4 is 15.4 Å². The van der Waals surface area contributed by atoms with Gasteiger partial charge in [-0.2, -0.15) is 0 Å². The van der Waals surface area contributed by atoms with E-state index in [0.29, 0.717) is 22.7 Å². The summed E-state index contributed by atoms with van der Waals surface area (Å²) in [4.78, 5) is 15.3. The van der Waals surface area contributed by atoms with Crippen molar-refractivity contribution in [3.05, 3.63) is 82.9 Å². The standard InChI is InChI=1S/C26H26N2O3/c1-3-13-28(14-4-2)18-10-11-21-24(16-18)30-23-12-9-17(27)15-22(23)26(21)20-8-6-5-7-19(20)25(29)31-26/h5-12,15-16H,3-4,13-14,27H2,1-2H3. The molecule has 1 spiro atoms. The van der Waals surface area contributed by atoms with E-state index >= 15 is 0 Å². The van der Waals surface area contributed by atoms with E-state index in [1.54, 1.807) is 0 Å². The molecule has 2 N–H and O–H groups in total. The summed E-state index contributed by atoms with van der Waals surface area (Å²) in [6.45, 7) is 6.32. The second-order valence-corrected chi connectivity index (χ2v) is 8.14. The van der Waals surface area contributed by atoms with E-state index in [2.05, 4.69) is 30.9 Å². The molecule has 0 fully saturated rings. The molecule has 0 amide bonds. The number of esters is 1. The van der Waals surface area contributed by atoms with E-state index in [1.165, 1.54) is 0 Å². The minimum Gasteiger partial charge on any atom is -0.456 e. The Hall–Kier alpha value is -3.47. The highest BCUT2D eigenvalue weighted by Crippen LogP contribution is 2.56. The topological polar surface area (TPSA) is 64.8 Å². The number of nitrogens with zero attached hydrogens (tertiary/aromatic N) is 1. The number of rotatable bonds is 5. The normalized spacial score (nSPS) is 18.1. The first-order valence-corrected chi connectivity index (χ1v) is 10.9. The van der Waals surface area contributed by atoms with Crippen molar-refractivity contribution in [2.45, 2.75) is 32.3 Å². The molecule has 158 valence electrons. The monoisotopic (exact) mass is 414 g/mol. The van der Waals surface area contributed by atoms with Crippen molar-refractivity contribution in [2.24, 2.45) is 0 Å². The number of hydrogen-bond acceptors (Lipinski definition) is 5. The number of benzene rings is 3. The molecule has 1 unspecified atom stereocenters. The molecule has 0 bridgehead atoms. The predicted molar refractivity (Wildman–Crippen MR) is 122 cm³/mol. The minimum atomic E-state index is -1.06. The summed E-state index contributed by atoms with van der Waals surface area (Å²) in [6, 6.07) is 19.3. The summed E-state index contributed by atoms with van der Waals surface area (Å²) >= 11 is 0. The van der Waals surface area contributed by atoms with Gasteiger partial charge in [0.25, 0.3) is 0 Å². The number of nitrogens with two attached hydrogens (primary N) is 1. The molecule has 0 radical (unpaired) electrons. The smallest absolute Gasteiger partial charge is 0.340 e. The third-order valence-corrected chi connectivity index (χ3v) is 6.07. The van der Waals surface area contributed by atoms with Crippen molar-refractivity contribution in [1.82, 2.24) is 0 Å². The predicted octanol–water partition coefficient (Wildman–Crippen LogP) is 5.46. The first-order chi connectivity index (χ1) is 15.1. The van der Waals surface area contributed by atoms with Crippen LogP contribution in [0.1, 0.15) is 53.7 Å². The van der Waals surface area contributed by atoms with Gasteiger partial charge in [0.05, 0.1) is 5.56 Å². The summed E-state index contributed by atoms with van der Waals surface area (Å²) in [5, 5.41) is 0. The third kappa shape index (κ3) is 2.87. The Morgan fingerprint density at radius 2 is 1.65 bits per heavy atom. The number of carbonyl (C=O) groups excluding carboxylic acids is 1. The minimum absolute atomic E-state index is 0.334. The van der Waals surface area contributed by atoms with Crippen molar-refractivity contribution >= 4 is 17.3 Å². The average molecular weight is 415 g/mol. The largest absolute Gasteiger partial charge is 0.456 e. The number of fused-ring (bicyclic) bond motifs is 6. The maximum absolute atomic E-state index is 12.9. The highest BCUT2D eigenvalue weighted by atomic mass is 16.6. The van der Waals surface area contributed by atoms with Gasteiger partial charge < -0.3 is 20.1 Å². The fourth-order valence-corrected chi connectivity index (χ4v) is 4.79. The Labute approximate surface area is 182 Å². The van der Waals surface area contributed by atoms with Crippen molar-refractivity contribution in [3.63, 3.8) is 0 Å². The van der Waals surface area contributed by atoms with E-state index in [4.69, 9.17) is 15.2 Å². The molecule has 5 heteroatoms. The average Bonchev–Trinajstić information content (AvgIpc) is 3.07. The molecule has 5 rings (SSSR count). The van der Waals surface area contributed by atoms with E-state index in [0.717, 1.165) is 48.3 Å². The fourth-order valence-electron chi connectivity index (χ4n) is 4.79. The summed E-state index contributed by atoms with van der Waals surface area (Å²) in [6.07, 6.45) is 2.13. The van der Waals surface area contributed by atoms with Crippen molar-refractivity contribution in [1.29, 1.82) is 0 Å². The Morgan fingerprint density at radius 3 is 2.42 bits per heavy atom. The Morgan fingerprint density at radius 1 is 0.871 bits per heavy atom. The van der Waals surface area contributed by atoms with E-state index in [-0.39, 0.29) is 5.97 Å². The van der Waals surface area contributed by atoms with Gasteiger partial charge in [-0.05, 0) is 49.2 Å². The van der Waals surface area contributed by atoms with Crippen LogP contribution in [-0.2, 0) is 10.3 Å². The molecule has 31 heavy (non-hydrogen) atoms. The Balaban J connectivity index is 1.74. The zero-order chi connectivity index (χ0) is 21.6. The molecule has 5 nitrogen and oxygen atoms in total. The SMILES string of the molecule is CCCN(CCC)c1ccc2c(c1)Oc1ccc(N)cc1C21OC(=O)c2ccccc21. The first-order valence-electron chi connectivity index (χ1n) is 10.9. The molecule has 3 aromatic carbocycles. The molecule has 3 aromatic rings. The molecular weight excluding hydrogens is 388 g/mol. The van der Waals surface area contributed by atoms with E-state index < -0.39 is 5.60 Å². The number of carbonyl (C=O) groups is 1. The fraction of sp³-hybridized carbons (Fsp3) is 0.269. The molecule has 1 atom stereocenters. The van der Waals surface area contributed by atoms with Gasteiger partial charge in [-0.25, -0.2) is 4.79 Å². The molecule has 0 aromatic heterocycles. The zero-order valence-electron chi connectivity index (χ0n) is 17.9. The molecule has 0 aliphatic carbocycles. The molecule has 0 saturated carbocycles. The van der Waals surface area contributed by atoms with Crippen LogP contribution in [-0.4, -0.2) is 19.1 Å². The summed E-state index contributed by atoms with van der Waals surface area (Å²) < 4.78 is 12.5. The van der Waals surface area contributed by atoms with Gasteiger partial charge >= 0.3 is 5.97 Å². The van der Waals surface area contributed by atoms with Gasteiger partial charge in [0.15, 0.2) is 5.60 Å². The van der Waals surface area contributed by atoms with Crippen LogP contribution in [0.3, 0.4) is 0 Å². The first kappa shape index (κ1) is 19.5. The number of ether oxygens (including phenoxy) is 2. The lowest BCUT2D eigenvalue weighted by Gasteiger charge is -2.37. The van der Waals surface area contributed by atoms with Crippen LogP contribution >= 0.6 is 0 Å². The number of hydrogen-bond donors (Lipinski definition) is 1. The number of anilines is 2. The summed E-state index contributed by atoms with van der Waals surface area (Å²) in [5.41, 5.74) is 9.75. The zero-order valence-corrected chi connectivity index (χ0v) is 17.9. The molecule has 0 saturated heterocycles. The number of nitrogen functional groups attached to an aromatic ring is 1. The van der Waals surface area contributed by atoms with Gasteiger partial charge in [0.1, 0.15) is 11.5 Å². The van der Waals surface area contributed by atoms with Crippen LogP contribution in [0.25, 0.3) is 0 Å². The van der Waals surface area contributed by atoms with Gasteiger partial charge in [-0.15, -0.1) is 0 Å². The van der Waals surface area contributed by atoms with Gasteiger partial charge in [-0.3, -0.25) is 0 Å². The van der Waals surface area contributed by atoms with Crippen LogP contribution in [0.4, 0.5) is 11.4 Å². The maximum atomic E-state index is 12.9. The van der Waals surface area contributed by atoms with Gasteiger partial charge in [0, 0.05) is 47.2 Å². The lowest BCUT2D eigenvalue weighted by Crippen LogP contribution is -2.33. The maximum Gasteiger partial charge on any atom is 0.340 e. The second-order valence-electron chi connectivity index (χ2n) is 8.14. The molecule has 2 aliphatic heterocycles. The van der Waals surface area contributed by atoms with Crippen LogP contribution in [0.5, 0.6) is 11.5 Å². The highest BCUT2D eigenvalue weighted by molar-refractivity contribution is 5.97. The molecule has 2 aliphatic rings. The lowest BCUT2D eigenvalue weighted by molar-refractivity contribution is 0.0224. The van der Waals surface area contributed by atoms with Crippen molar-refractivity contribution in [2.75, 3.05) is 23.7 Å². The Bertz CT molecular complexity index is 1170. The van der Waals surface area contributed by atoms with Crippen LogP contribution in [0, 0.1) is 0 Å². The third-order valence-electron chi connectivity index (χ3n) is 6.07. The van der Waals surface area contributed by atoms with Gasteiger partial charge in [0.2, 0.25) is 0 Å². The van der Waals surface area contributed by atoms with E-state index in [9.17, 15) is 4.79 Å². The summed E-state index contributed by atoms with van der Waals surface area (Å²) in [5.74, 6) is 1.02. The Kier molecular flexibility index (Phi) is 4.62. The quantitative estimate of drug-likeness (QED) is 0.443. The van der Waals surface area contributed by atoms with E-state index in [1.807, 2.05) is 48.5 Å². The molecule has 2 heterocycles. The van der Waals surface area contributed by atoms with Crippen molar-refractivity contribution < 1.29 is 14.3 Å². The molecular formula is C26H26N2O3. The lowest BCUT2D eigenvalue weighted by atomic mass is 9.77. The van der Waals surface area contributed by atoms with Crippen molar-refractivity contribution in [3.8, 4) is 11.5 Å².